The number of nitrogens with zero attached hydrogens (tertiary/aromatic N) is 3. The topological polar surface area (TPSA) is 44.8 Å². The van der Waals surface area contributed by atoms with E-state index < -0.39 is 0 Å². The molecule has 0 unspecified atom stereocenters. The highest BCUT2D eigenvalue weighted by Gasteiger charge is 2.21. The fourth-order valence-corrected chi connectivity index (χ4v) is 2.24. The molecule has 1 saturated heterocycles. The molecule has 1 atom stereocenters. The lowest BCUT2D eigenvalue weighted by Gasteiger charge is -2.17. The fraction of sp³-hybridized carbons (Fsp3) is 0.455. The van der Waals surface area contributed by atoms with Gasteiger partial charge in [0.15, 0.2) is 0 Å². The Morgan fingerprint density at radius 3 is 3.20 bits per heavy atom. The third kappa shape index (κ3) is 1.37. The largest absolute Gasteiger partial charge is 0.356 e. The van der Waals surface area contributed by atoms with Crippen LogP contribution in [0.2, 0.25) is 0 Å². The molecule has 3 rings (SSSR count). The molecule has 1 N–H and O–H groups in total. The Labute approximate surface area is 88.3 Å². The van der Waals surface area contributed by atoms with Crippen molar-refractivity contribution in [2.75, 3.05) is 18.0 Å². The number of H-pyrrole nitrogens is 1. The van der Waals surface area contributed by atoms with E-state index in [1.807, 2.05) is 12.3 Å². The minimum absolute atomic E-state index is 0.772. The van der Waals surface area contributed by atoms with Crippen LogP contribution in [0.3, 0.4) is 0 Å². The lowest BCUT2D eigenvalue weighted by molar-refractivity contribution is 0.659. The van der Waals surface area contributed by atoms with Gasteiger partial charge in [0.1, 0.15) is 17.8 Å². The van der Waals surface area contributed by atoms with Crippen molar-refractivity contribution in [3.63, 3.8) is 0 Å². The molecule has 0 amide bonds. The first-order valence-corrected chi connectivity index (χ1v) is 5.37. The summed E-state index contributed by atoms with van der Waals surface area (Å²) in [7, 11) is 0. The van der Waals surface area contributed by atoms with E-state index in [1.54, 1.807) is 6.33 Å². The van der Waals surface area contributed by atoms with Crippen LogP contribution in [0.1, 0.15) is 13.3 Å². The van der Waals surface area contributed by atoms with Gasteiger partial charge in [-0.3, -0.25) is 0 Å². The van der Waals surface area contributed by atoms with E-state index in [2.05, 4.69) is 26.8 Å². The fourth-order valence-electron chi connectivity index (χ4n) is 2.24. The van der Waals surface area contributed by atoms with Crippen molar-refractivity contribution < 1.29 is 0 Å². The summed E-state index contributed by atoms with van der Waals surface area (Å²) in [5, 5.41) is 1.13. The van der Waals surface area contributed by atoms with Crippen LogP contribution in [-0.2, 0) is 0 Å². The Morgan fingerprint density at radius 2 is 2.40 bits per heavy atom. The minimum Gasteiger partial charge on any atom is -0.356 e. The Balaban J connectivity index is 2.06. The van der Waals surface area contributed by atoms with Crippen molar-refractivity contribution in [2.24, 2.45) is 5.92 Å². The third-order valence-electron chi connectivity index (χ3n) is 3.06. The van der Waals surface area contributed by atoms with Gasteiger partial charge < -0.3 is 9.88 Å². The third-order valence-corrected chi connectivity index (χ3v) is 3.06. The first-order chi connectivity index (χ1) is 7.34. The molecule has 4 nitrogen and oxygen atoms in total. The van der Waals surface area contributed by atoms with Crippen molar-refractivity contribution in [1.29, 1.82) is 0 Å². The molecule has 78 valence electrons. The predicted molar refractivity (Wildman–Crippen MR) is 59.9 cm³/mol. The molecule has 0 aromatic carbocycles. The number of hydrogen-bond acceptors (Lipinski definition) is 3. The molecule has 15 heavy (non-hydrogen) atoms. The van der Waals surface area contributed by atoms with E-state index in [0.29, 0.717) is 0 Å². The SMILES string of the molecule is C[C@H]1CCN(c2ncnc3[nH]ccc23)C1. The van der Waals surface area contributed by atoms with Gasteiger partial charge in [0.25, 0.3) is 0 Å². The van der Waals surface area contributed by atoms with Crippen molar-refractivity contribution >= 4 is 16.9 Å². The van der Waals surface area contributed by atoms with Gasteiger partial charge in [-0.05, 0) is 18.4 Å². The van der Waals surface area contributed by atoms with E-state index in [9.17, 15) is 0 Å². The molecule has 3 heterocycles. The Kier molecular flexibility index (Phi) is 1.87. The molecule has 1 fully saturated rings. The summed E-state index contributed by atoms with van der Waals surface area (Å²) < 4.78 is 0. The molecule has 0 radical (unpaired) electrons. The standard InChI is InChI=1S/C11H14N4/c1-8-3-5-15(6-8)11-9-2-4-12-10(9)13-7-14-11/h2,4,7-8H,3,5-6H2,1H3,(H,12,13,14)/t8-/m0/s1. The highest BCUT2D eigenvalue weighted by molar-refractivity contribution is 5.87. The molecule has 4 heteroatoms. The average molecular weight is 202 g/mol. The average Bonchev–Trinajstić information content (AvgIpc) is 2.84. The zero-order valence-corrected chi connectivity index (χ0v) is 8.77. The Bertz CT molecular complexity index is 476. The molecule has 0 bridgehead atoms. The normalized spacial score (nSPS) is 21.4. The van der Waals surface area contributed by atoms with Crippen LogP contribution in [0.5, 0.6) is 0 Å². The minimum atomic E-state index is 0.772. The number of nitrogens with one attached hydrogen (secondary N) is 1. The number of anilines is 1. The van der Waals surface area contributed by atoms with Crippen LogP contribution in [0.15, 0.2) is 18.6 Å². The van der Waals surface area contributed by atoms with Gasteiger partial charge in [-0.1, -0.05) is 6.92 Å². The highest BCUT2D eigenvalue weighted by Crippen LogP contribution is 2.26. The second-order valence-corrected chi connectivity index (χ2v) is 4.28. The van der Waals surface area contributed by atoms with Crippen molar-refractivity contribution in [3.05, 3.63) is 18.6 Å². The van der Waals surface area contributed by atoms with Crippen molar-refractivity contribution in [2.45, 2.75) is 13.3 Å². The Morgan fingerprint density at radius 1 is 1.47 bits per heavy atom. The molecular weight excluding hydrogens is 188 g/mol. The number of rotatable bonds is 1. The number of hydrogen-bond donors (Lipinski definition) is 1. The van der Waals surface area contributed by atoms with Crippen LogP contribution in [-0.4, -0.2) is 28.0 Å². The second-order valence-electron chi connectivity index (χ2n) is 4.28. The zero-order chi connectivity index (χ0) is 10.3. The van der Waals surface area contributed by atoms with E-state index in [1.165, 1.54) is 6.42 Å². The highest BCUT2D eigenvalue weighted by atomic mass is 15.2. The van der Waals surface area contributed by atoms with Gasteiger partial charge in [0.2, 0.25) is 0 Å². The predicted octanol–water partition coefficient (Wildman–Crippen LogP) is 1.80. The van der Waals surface area contributed by atoms with E-state index in [4.69, 9.17) is 0 Å². The molecule has 0 spiro atoms. The maximum absolute atomic E-state index is 4.39. The summed E-state index contributed by atoms with van der Waals surface area (Å²) in [6.07, 6.45) is 4.81. The summed E-state index contributed by atoms with van der Waals surface area (Å²) >= 11 is 0. The van der Waals surface area contributed by atoms with Gasteiger partial charge in [0.05, 0.1) is 5.39 Å². The second kappa shape index (κ2) is 3.22. The van der Waals surface area contributed by atoms with E-state index in [0.717, 1.165) is 35.9 Å². The first-order valence-electron chi connectivity index (χ1n) is 5.37. The summed E-state index contributed by atoms with van der Waals surface area (Å²) in [6.45, 7) is 4.51. The summed E-state index contributed by atoms with van der Waals surface area (Å²) in [5.74, 6) is 1.85. The molecule has 2 aromatic rings. The monoisotopic (exact) mass is 202 g/mol. The van der Waals surface area contributed by atoms with Crippen LogP contribution >= 0.6 is 0 Å². The number of aromatic amines is 1. The summed E-state index contributed by atoms with van der Waals surface area (Å²) in [6, 6.07) is 2.05. The van der Waals surface area contributed by atoms with Crippen molar-refractivity contribution in [3.8, 4) is 0 Å². The van der Waals surface area contributed by atoms with Crippen molar-refractivity contribution in [1.82, 2.24) is 15.0 Å². The summed E-state index contributed by atoms with van der Waals surface area (Å²) in [4.78, 5) is 14.1. The van der Waals surface area contributed by atoms with Gasteiger partial charge in [-0.25, -0.2) is 9.97 Å². The smallest absolute Gasteiger partial charge is 0.142 e. The van der Waals surface area contributed by atoms with Gasteiger partial charge in [-0.15, -0.1) is 0 Å². The molecule has 2 aromatic heterocycles. The molecule has 0 aliphatic carbocycles. The van der Waals surface area contributed by atoms with Crippen LogP contribution < -0.4 is 4.90 Å². The lowest BCUT2D eigenvalue weighted by atomic mass is 10.2. The quantitative estimate of drug-likeness (QED) is 0.767. The van der Waals surface area contributed by atoms with E-state index >= 15 is 0 Å². The van der Waals surface area contributed by atoms with Crippen LogP contribution in [0.25, 0.3) is 11.0 Å². The van der Waals surface area contributed by atoms with Gasteiger partial charge in [-0.2, -0.15) is 0 Å². The van der Waals surface area contributed by atoms with Crippen LogP contribution in [0.4, 0.5) is 5.82 Å². The van der Waals surface area contributed by atoms with E-state index in [-0.39, 0.29) is 0 Å². The Hall–Kier alpha value is -1.58. The van der Waals surface area contributed by atoms with Gasteiger partial charge in [0, 0.05) is 19.3 Å². The number of aromatic nitrogens is 3. The maximum Gasteiger partial charge on any atom is 0.142 e. The lowest BCUT2D eigenvalue weighted by Crippen LogP contribution is -2.20. The van der Waals surface area contributed by atoms with Crippen LogP contribution in [0, 0.1) is 5.92 Å². The first kappa shape index (κ1) is 8.71. The van der Waals surface area contributed by atoms with Gasteiger partial charge >= 0.3 is 0 Å². The molecular formula is C11H14N4. The summed E-state index contributed by atoms with van der Waals surface area (Å²) in [5.41, 5.74) is 0.930. The zero-order valence-electron chi connectivity index (χ0n) is 8.77. The molecule has 0 saturated carbocycles. The number of fused-ring (bicyclic) bond motifs is 1. The molecule has 1 aliphatic heterocycles. The maximum atomic E-state index is 4.39. The molecule has 1 aliphatic rings.